The predicted molar refractivity (Wildman–Crippen MR) is 97.2 cm³/mol. The van der Waals surface area contributed by atoms with Crippen LogP contribution >= 0.6 is 0 Å². The van der Waals surface area contributed by atoms with Crippen LogP contribution in [0.5, 0.6) is 11.5 Å². The summed E-state index contributed by atoms with van der Waals surface area (Å²) in [6.07, 6.45) is 4.40. The van der Waals surface area contributed by atoms with E-state index in [9.17, 15) is 9.59 Å². The molecule has 26 heavy (non-hydrogen) atoms. The number of esters is 1. The Morgan fingerprint density at radius 3 is 2.23 bits per heavy atom. The van der Waals surface area contributed by atoms with E-state index in [1.807, 2.05) is 18.2 Å². The average molecular weight is 354 g/mol. The standard InChI is InChI=1S/C21H22O5/c1-24-18-8-5-9-19(25-2)20(18)21(23)26-13-17(22)16-11-10-14-6-3-4-7-15(14)12-16/h5,8-12H,3-4,6-7,13H2,1-2H3. The zero-order valence-electron chi connectivity index (χ0n) is 15.0. The van der Waals surface area contributed by atoms with E-state index in [-0.39, 0.29) is 18.0 Å². The van der Waals surface area contributed by atoms with E-state index in [1.54, 1.807) is 18.2 Å². The van der Waals surface area contributed by atoms with Gasteiger partial charge >= 0.3 is 5.97 Å². The SMILES string of the molecule is COc1cccc(OC)c1C(=O)OCC(=O)c1ccc2c(c1)CCCC2. The smallest absolute Gasteiger partial charge is 0.346 e. The summed E-state index contributed by atoms with van der Waals surface area (Å²) in [5, 5.41) is 0. The van der Waals surface area contributed by atoms with Gasteiger partial charge in [-0.3, -0.25) is 4.79 Å². The van der Waals surface area contributed by atoms with Gasteiger partial charge < -0.3 is 14.2 Å². The second-order valence-corrected chi connectivity index (χ2v) is 6.23. The Bertz CT molecular complexity index is 803. The van der Waals surface area contributed by atoms with Gasteiger partial charge in [0, 0.05) is 5.56 Å². The molecule has 0 saturated heterocycles. The van der Waals surface area contributed by atoms with Gasteiger partial charge in [0.2, 0.25) is 0 Å². The summed E-state index contributed by atoms with van der Waals surface area (Å²) in [6.45, 7) is -0.321. The van der Waals surface area contributed by atoms with E-state index in [0.29, 0.717) is 17.1 Å². The van der Waals surface area contributed by atoms with Crippen LogP contribution in [0.15, 0.2) is 36.4 Å². The number of carbonyl (C=O) groups is 2. The third-order valence-electron chi connectivity index (χ3n) is 4.64. The van der Waals surface area contributed by atoms with E-state index in [4.69, 9.17) is 14.2 Å². The molecule has 0 amide bonds. The van der Waals surface area contributed by atoms with Gasteiger partial charge in [0.1, 0.15) is 17.1 Å². The highest BCUT2D eigenvalue weighted by Gasteiger charge is 2.21. The highest BCUT2D eigenvalue weighted by atomic mass is 16.5. The van der Waals surface area contributed by atoms with E-state index in [0.717, 1.165) is 19.3 Å². The molecule has 0 fully saturated rings. The highest BCUT2D eigenvalue weighted by molar-refractivity contribution is 6.01. The molecule has 5 nitrogen and oxygen atoms in total. The molecule has 0 N–H and O–H groups in total. The lowest BCUT2D eigenvalue weighted by molar-refractivity contribution is 0.0468. The predicted octanol–water partition coefficient (Wildman–Crippen LogP) is 3.62. The summed E-state index contributed by atoms with van der Waals surface area (Å²) < 4.78 is 15.6. The molecule has 2 aromatic carbocycles. The van der Waals surface area contributed by atoms with Crippen molar-refractivity contribution in [3.63, 3.8) is 0 Å². The van der Waals surface area contributed by atoms with E-state index in [2.05, 4.69) is 0 Å². The number of rotatable bonds is 6. The lowest BCUT2D eigenvalue weighted by Gasteiger charge is -2.16. The quantitative estimate of drug-likeness (QED) is 0.586. The first-order valence-electron chi connectivity index (χ1n) is 8.67. The fourth-order valence-electron chi connectivity index (χ4n) is 3.25. The molecule has 2 aromatic rings. The fourth-order valence-corrected chi connectivity index (χ4v) is 3.25. The number of ether oxygens (including phenoxy) is 3. The van der Waals surface area contributed by atoms with Crippen LogP contribution in [0, 0.1) is 0 Å². The van der Waals surface area contributed by atoms with Crippen LogP contribution in [-0.4, -0.2) is 32.6 Å². The normalized spacial score (nSPS) is 12.8. The van der Waals surface area contributed by atoms with Crippen molar-refractivity contribution in [1.29, 1.82) is 0 Å². The summed E-state index contributed by atoms with van der Waals surface area (Å²) in [5.41, 5.74) is 3.28. The number of Topliss-reactive ketones (excluding diaryl/α,β-unsaturated/α-hetero) is 1. The molecule has 1 aliphatic carbocycles. The molecule has 0 atom stereocenters. The second-order valence-electron chi connectivity index (χ2n) is 6.23. The second kappa shape index (κ2) is 8.04. The first kappa shape index (κ1) is 18.0. The Kier molecular flexibility index (Phi) is 5.56. The van der Waals surface area contributed by atoms with Gasteiger partial charge in [0.15, 0.2) is 12.4 Å². The Morgan fingerprint density at radius 2 is 1.58 bits per heavy atom. The van der Waals surface area contributed by atoms with Gasteiger partial charge in [0.25, 0.3) is 0 Å². The molecule has 0 radical (unpaired) electrons. The summed E-state index contributed by atoms with van der Waals surface area (Å²) in [6, 6.07) is 10.7. The average Bonchev–Trinajstić information content (AvgIpc) is 2.70. The van der Waals surface area contributed by atoms with Crippen molar-refractivity contribution in [3.8, 4) is 11.5 Å². The number of hydrogen-bond acceptors (Lipinski definition) is 5. The van der Waals surface area contributed by atoms with Crippen molar-refractivity contribution >= 4 is 11.8 Å². The maximum Gasteiger partial charge on any atom is 0.346 e. The molecule has 0 unspecified atom stereocenters. The Labute approximate surface area is 152 Å². The van der Waals surface area contributed by atoms with Crippen molar-refractivity contribution in [3.05, 3.63) is 58.7 Å². The van der Waals surface area contributed by atoms with Crippen molar-refractivity contribution in [2.24, 2.45) is 0 Å². The molecule has 5 heteroatoms. The minimum absolute atomic E-state index is 0.177. The molecule has 3 rings (SSSR count). The first-order chi connectivity index (χ1) is 12.6. The minimum atomic E-state index is -0.648. The summed E-state index contributed by atoms with van der Waals surface area (Å²) in [7, 11) is 2.92. The molecule has 0 heterocycles. The summed E-state index contributed by atoms with van der Waals surface area (Å²) in [4.78, 5) is 24.9. The van der Waals surface area contributed by atoms with Gasteiger partial charge in [-0.1, -0.05) is 18.2 Å². The number of hydrogen-bond donors (Lipinski definition) is 0. The lowest BCUT2D eigenvalue weighted by Crippen LogP contribution is -2.16. The molecule has 1 aliphatic rings. The van der Waals surface area contributed by atoms with Crippen LogP contribution in [0.4, 0.5) is 0 Å². The number of benzene rings is 2. The highest BCUT2D eigenvalue weighted by Crippen LogP contribution is 2.29. The molecule has 0 bridgehead atoms. The molecule has 136 valence electrons. The van der Waals surface area contributed by atoms with Crippen LogP contribution < -0.4 is 9.47 Å². The fraction of sp³-hybridized carbons (Fsp3) is 0.333. The third kappa shape index (κ3) is 3.72. The zero-order chi connectivity index (χ0) is 18.5. The first-order valence-corrected chi connectivity index (χ1v) is 8.67. The molecular formula is C21H22O5. The number of ketones is 1. The Hall–Kier alpha value is -2.82. The van der Waals surface area contributed by atoms with Crippen molar-refractivity contribution in [1.82, 2.24) is 0 Å². The maximum atomic E-state index is 12.4. The van der Waals surface area contributed by atoms with E-state index < -0.39 is 5.97 Å². The molecule has 0 aromatic heterocycles. The van der Waals surface area contributed by atoms with Gasteiger partial charge in [-0.05, 0) is 55.0 Å². The topological polar surface area (TPSA) is 61.8 Å². The number of carbonyl (C=O) groups excluding carboxylic acids is 2. The van der Waals surface area contributed by atoms with Gasteiger partial charge in [-0.2, -0.15) is 0 Å². The largest absolute Gasteiger partial charge is 0.496 e. The van der Waals surface area contributed by atoms with Crippen LogP contribution in [0.3, 0.4) is 0 Å². The molecular weight excluding hydrogens is 332 g/mol. The summed E-state index contributed by atoms with van der Waals surface area (Å²) in [5.74, 6) is -0.183. The van der Waals surface area contributed by atoms with Crippen molar-refractivity contribution in [2.45, 2.75) is 25.7 Å². The van der Waals surface area contributed by atoms with Gasteiger partial charge in [-0.15, -0.1) is 0 Å². The van der Waals surface area contributed by atoms with Gasteiger partial charge in [0.05, 0.1) is 14.2 Å². The monoisotopic (exact) mass is 354 g/mol. The van der Waals surface area contributed by atoms with Gasteiger partial charge in [-0.25, -0.2) is 4.79 Å². The third-order valence-corrected chi connectivity index (χ3v) is 4.64. The lowest BCUT2D eigenvalue weighted by atomic mass is 9.90. The van der Waals surface area contributed by atoms with Crippen LogP contribution in [0.25, 0.3) is 0 Å². The number of methoxy groups -OCH3 is 2. The van der Waals surface area contributed by atoms with Crippen molar-refractivity contribution < 1.29 is 23.8 Å². The van der Waals surface area contributed by atoms with E-state index in [1.165, 1.54) is 31.8 Å². The summed E-state index contributed by atoms with van der Waals surface area (Å²) >= 11 is 0. The Balaban J connectivity index is 1.71. The Morgan fingerprint density at radius 1 is 0.923 bits per heavy atom. The number of fused-ring (bicyclic) bond motifs is 1. The maximum absolute atomic E-state index is 12.4. The van der Waals surface area contributed by atoms with E-state index >= 15 is 0 Å². The zero-order valence-corrected chi connectivity index (χ0v) is 15.0. The molecule has 0 spiro atoms. The van der Waals surface area contributed by atoms with Crippen molar-refractivity contribution in [2.75, 3.05) is 20.8 Å². The molecule has 0 aliphatic heterocycles. The molecule has 0 saturated carbocycles. The van der Waals surface area contributed by atoms with Crippen LogP contribution in [-0.2, 0) is 17.6 Å². The van der Waals surface area contributed by atoms with Crippen LogP contribution in [0.2, 0.25) is 0 Å². The number of aryl methyl sites for hydroxylation is 2. The minimum Gasteiger partial charge on any atom is -0.496 e. The van der Waals surface area contributed by atoms with Crippen LogP contribution in [0.1, 0.15) is 44.7 Å².